The third kappa shape index (κ3) is 1.00. The van der Waals surface area contributed by atoms with Crippen molar-refractivity contribution >= 4 is 12.0 Å². The fourth-order valence-corrected chi connectivity index (χ4v) is 0.810. The number of aromatic amines is 1. The Balaban J connectivity index is 3.10. The third-order valence-electron chi connectivity index (χ3n) is 1.29. The lowest BCUT2D eigenvalue weighted by molar-refractivity contribution is 1.02. The molecule has 4 nitrogen and oxygen atoms in total. The van der Waals surface area contributed by atoms with Gasteiger partial charge in [0.2, 0.25) is 0 Å². The largest absolute Gasteiger partial charge is 0.390 e. The van der Waals surface area contributed by atoms with E-state index in [1.54, 1.807) is 0 Å². The van der Waals surface area contributed by atoms with Crippen LogP contribution in [0.3, 0.4) is 0 Å². The van der Waals surface area contributed by atoms with Crippen LogP contribution < -0.4 is 5.73 Å². The number of aromatic nitrogens is 2. The normalized spacial score (nSPS) is 11.0. The van der Waals surface area contributed by atoms with Crippen molar-refractivity contribution in [3.8, 4) is 0 Å². The number of H-pyrrole nitrogens is 1. The zero-order chi connectivity index (χ0) is 7.56. The maximum atomic E-state index is 5.12. The summed E-state index contributed by atoms with van der Waals surface area (Å²) < 4.78 is 0. The Morgan fingerprint density at radius 3 is 2.70 bits per heavy atom. The highest BCUT2D eigenvalue weighted by Crippen LogP contribution is 2.18. The summed E-state index contributed by atoms with van der Waals surface area (Å²) in [4.78, 5) is 3.92. The number of aryl methyl sites for hydroxylation is 2. The monoisotopic (exact) mass is 138 g/mol. The van der Waals surface area contributed by atoms with E-state index >= 15 is 0 Å². The van der Waals surface area contributed by atoms with E-state index in [1.807, 2.05) is 13.8 Å². The van der Waals surface area contributed by atoms with Crippen molar-refractivity contribution < 1.29 is 0 Å². The van der Waals surface area contributed by atoms with E-state index in [4.69, 9.17) is 5.73 Å². The van der Waals surface area contributed by atoms with E-state index in [2.05, 4.69) is 15.2 Å². The van der Waals surface area contributed by atoms with E-state index in [9.17, 15) is 0 Å². The van der Waals surface area contributed by atoms with Crippen LogP contribution >= 0.6 is 0 Å². The van der Waals surface area contributed by atoms with Crippen molar-refractivity contribution in [1.29, 1.82) is 0 Å². The molecule has 1 aromatic rings. The van der Waals surface area contributed by atoms with Crippen molar-refractivity contribution in [1.82, 2.24) is 10.2 Å². The summed E-state index contributed by atoms with van der Waals surface area (Å²) in [7, 11) is 0. The molecule has 4 heteroatoms. The maximum absolute atomic E-state index is 5.12. The molecule has 0 spiro atoms. The number of nitrogens with zero attached hydrogens (tertiary/aromatic N) is 2. The Morgan fingerprint density at radius 1 is 1.60 bits per heavy atom. The van der Waals surface area contributed by atoms with Crippen molar-refractivity contribution in [2.75, 3.05) is 0 Å². The standard InChI is InChI=1S/C6H10N4/c1-4-6(8-3-7)5(2)10-9-4/h3H,1-2H3,(H2,7,8)(H,9,10). The van der Waals surface area contributed by atoms with Gasteiger partial charge in [0.15, 0.2) is 0 Å². The Kier molecular flexibility index (Phi) is 1.71. The topological polar surface area (TPSA) is 67.1 Å². The molecule has 0 aliphatic carbocycles. The Hall–Kier alpha value is -1.32. The summed E-state index contributed by atoms with van der Waals surface area (Å²) in [5.74, 6) is 0. The van der Waals surface area contributed by atoms with E-state index in [-0.39, 0.29) is 0 Å². The van der Waals surface area contributed by atoms with Gasteiger partial charge in [-0.15, -0.1) is 0 Å². The molecule has 0 saturated carbocycles. The van der Waals surface area contributed by atoms with E-state index in [0.717, 1.165) is 17.1 Å². The minimum absolute atomic E-state index is 0.836. The molecule has 0 unspecified atom stereocenters. The van der Waals surface area contributed by atoms with Gasteiger partial charge >= 0.3 is 0 Å². The molecule has 0 bridgehead atoms. The number of nitrogens with one attached hydrogen (secondary N) is 1. The zero-order valence-corrected chi connectivity index (χ0v) is 6.05. The molecule has 1 rings (SSSR count). The number of nitrogens with two attached hydrogens (primary N) is 1. The predicted octanol–water partition coefficient (Wildman–Crippen LogP) is 0.645. The van der Waals surface area contributed by atoms with E-state index < -0.39 is 0 Å². The molecule has 0 fully saturated rings. The van der Waals surface area contributed by atoms with Crippen molar-refractivity contribution in [3.05, 3.63) is 11.4 Å². The molecule has 0 amide bonds. The molecule has 1 heterocycles. The lowest BCUT2D eigenvalue weighted by atomic mass is 10.3. The second-order valence-electron chi connectivity index (χ2n) is 2.06. The zero-order valence-electron chi connectivity index (χ0n) is 6.05. The van der Waals surface area contributed by atoms with Crippen LogP contribution in [0.5, 0.6) is 0 Å². The van der Waals surface area contributed by atoms with Gasteiger partial charge in [0, 0.05) is 0 Å². The minimum Gasteiger partial charge on any atom is -0.390 e. The molecule has 0 aliphatic heterocycles. The SMILES string of the molecule is Cc1n[nH]c(C)c1N=CN. The molecule has 3 N–H and O–H groups in total. The fraction of sp³-hybridized carbons (Fsp3) is 0.333. The van der Waals surface area contributed by atoms with Crippen LogP contribution in [-0.4, -0.2) is 16.5 Å². The van der Waals surface area contributed by atoms with Gasteiger partial charge in [0.05, 0.1) is 17.7 Å². The summed E-state index contributed by atoms with van der Waals surface area (Å²) in [6.07, 6.45) is 1.27. The number of hydrogen-bond donors (Lipinski definition) is 2. The van der Waals surface area contributed by atoms with Gasteiger partial charge in [-0.2, -0.15) is 5.10 Å². The highest BCUT2D eigenvalue weighted by atomic mass is 15.1. The molecule has 0 aliphatic rings. The molecule has 0 saturated heterocycles. The molecular weight excluding hydrogens is 128 g/mol. The molecule has 0 atom stereocenters. The van der Waals surface area contributed by atoms with Gasteiger partial charge in [-0.25, -0.2) is 4.99 Å². The first kappa shape index (κ1) is 6.80. The van der Waals surface area contributed by atoms with Gasteiger partial charge in [-0.05, 0) is 13.8 Å². The van der Waals surface area contributed by atoms with Gasteiger partial charge in [-0.3, -0.25) is 5.10 Å². The van der Waals surface area contributed by atoms with Crippen molar-refractivity contribution in [2.45, 2.75) is 13.8 Å². The molecule has 10 heavy (non-hydrogen) atoms. The maximum Gasteiger partial charge on any atom is 0.108 e. The van der Waals surface area contributed by atoms with Crippen LogP contribution in [0.1, 0.15) is 11.4 Å². The van der Waals surface area contributed by atoms with Gasteiger partial charge in [0.1, 0.15) is 5.69 Å². The Labute approximate surface area is 59.2 Å². The number of rotatable bonds is 1. The van der Waals surface area contributed by atoms with Crippen molar-refractivity contribution in [2.24, 2.45) is 10.7 Å². The minimum atomic E-state index is 0.836. The second-order valence-corrected chi connectivity index (χ2v) is 2.06. The molecule has 0 aromatic carbocycles. The highest BCUT2D eigenvalue weighted by molar-refractivity contribution is 5.61. The van der Waals surface area contributed by atoms with E-state index in [1.165, 1.54) is 6.34 Å². The first-order valence-electron chi connectivity index (χ1n) is 3.01. The average Bonchev–Trinajstić information content (AvgIpc) is 2.20. The third-order valence-corrected chi connectivity index (χ3v) is 1.29. The highest BCUT2D eigenvalue weighted by Gasteiger charge is 2.01. The number of hydrogen-bond acceptors (Lipinski definition) is 2. The first-order valence-corrected chi connectivity index (χ1v) is 3.01. The van der Waals surface area contributed by atoms with Gasteiger partial charge in [-0.1, -0.05) is 0 Å². The van der Waals surface area contributed by atoms with Crippen LogP contribution in [0.15, 0.2) is 4.99 Å². The second kappa shape index (κ2) is 2.51. The molecule has 0 radical (unpaired) electrons. The summed E-state index contributed by atoms with van der Waals surface area (Å²) in [6.45, 7) is 3.79. The molecule has 54 valence electrons. The molecule has 1 aromatic heterocycles. The number of aliphatic imine (C=N–C) groups is 1. The van der Waals surface area contributed by atoms with Crippen LogP contribution in [0, 0.1) is 13.8 Å². The van der Waals surface area contributed by atoms with Gasteiger partial charge < -0.3 is 5.73 Å². The fourth-order valence-electron chi connectivity index (χ4n) is 0.810. The van der Waals surface area contributed by atoms with Crippen molar-refractivity contribution in [3.63, 3.8) is 0 Å². The average molecular weight is 138 g/mol. The quantitative estimate of drug-likeness (QED) is 0.442. The summed E-state index contributed by atoms with van der Waals surface area (Å²) in [6, 6.07) is 0. The van der Waals surface area contributed by atoms with Crippen LogP contribution in [0.2, 0.25) is 0 Å². The smallest absolute Gasteiger partial charge is 0.108 e. The Bertz CT molecular complexity index is 229. The van der Waals surface area contributed by atoms with Crippen LogP contribution in [0.4, 0.5) is 5.69 Å². The lowest BCUT2D eigenvalue weighted by Gasteiger charge is -1.87. The first-order chi connectivity index (χ1) is 4.75. The van der Waals surface area contributed by atoms with Crippen LogP contribution in [-0.2, 0) is 0 Å². The van der Waals surface area contributed by atoms with Crippen LogP contribution in [0.25, 0.3) is 0 Å². The summed E-state index contributed by atoms with van der Waals surface area (Å²) in [5, 5.41) is 6.74. The summed E-state index contributed by atoms with van der Waals surface area (Å²) in [5.41, 5.74) is 7.78. The predicted molar refractivity (Wildman–Crippen MR) is 40.4 cm³/mol. The van der Waals surface area contributed by atoms with E-state index in [0.29, 0.717) is 0 Å². The van der Waals surface area contributed by atoms with Gasteiger partial charge in [0.25, 0.3) is 0 Å². The molecular formula is C6H10N4. The lowest BCUT2D eigenvalue weighted by Crippen LogP contribution is -1.87. The Morgan fingerprint density at radius 2 is 2.30 bits per heavy atom. The summed E-state index contributed by atoms with van der Waals surface area (Å²) >= 11 is 0.